The van der Waals surface area contributed by atoms with Crippen LogP contribution in [0.1, 0.15) is 49.1 Å². The Kier molecular flexibility index (Phi) is 4.30. The number of nitrogens with two attached hydrogens (primary N) is 1. The van der Waals surface area contributed by atoms with Crippen LogP contribution in [-0.2, 0) is 6.42 Å². The fourth-order valence-corrected chi connectivity index (χ4v) is 1.72. The first kappa shape index (κ1) is 13.0. The minimum absolute atomic E-state index is 0.142. The molecule has 3 N–H and O–H groups in total. The lowest BCUT2D eigenvalue weighted by Gasteiger charge is -2.06. The van der Waals surface area contributed by atoms with E-state index in [0.717, 1.165) is 25.7 Å². The van der Waals surface area contributed by atoms with Crippen molar-refractivity contribution in [3.05, 3.63) is 11.7 Å². The Hall–Kier alpha value is -1.43. The molecule has 0 aromatic carbocycles. The minimum Gasteiger partial charge on any atom is -0.346 e. The summed E-state index contributed by atoms with van der Waals surface area (Å²) in [5.74, 6) is 0.969. The first-order valence-corrected chi connectivity index (χ1v) is 6.52. The van der Waals surface area contributed by atoms with Crippen molar-refractivity contribution in [2.24, 2.45) is 11.7 Å². The molecule has 1 saturated carbocycles. The lowest BCUT2D eigenvalue weighted by Crippen LogP contribution is -2.26. The highest BCUT2D eigenvalue weighted by molar-refractivity contribution is 5.90. The quantitative estimate of drug-likeness (QED) is 0.751. The number of nitrogens with zero attached hydrogens (tertiary/aromatic N) is 2. The number of hydrogen-bond donors (Lipinski definition) is 2. The van der Waals surface area contributed by atoms with Gasteiger partial charge in [0.1, 0.15) is 0 Å². The molecule has 100 valence electrons. The van der Waals surface area contributed by atoms with Crippen molar-refractivity contribution < 1.29 is 9.32 Å². The maximum absolute atomic E-state index is 11.6. The summed E-state index contributed by atoms with van der Waals surface area (Å²) < 4.78 is 5.06. The second kappa shape index (κ2) is 5.95. The van der Waals surface area contributed by atoms with Gasteiger partial charge >= 0.3 is 0 Å². The summed E-state index contributed by atoms with van der Waals surface area (Å²) in [7, 11) is 0. The summed E-state index contributed by atoms with van der Waals surface area (Å²) in [4.78, 5) is 15.7. The van der Waals surface area contributed by atoms with E-state index in [-0.39, 0.29) is 11.7 Å². The smallest absolute Gasteiger partial charge is 0.292 e. The molecule has 6 heteroatoms. The highest BCUT2D eigenvalue weighted by Crippen LogP contribution is 2.19. The average molecular weight is 252 g/mol. The van der Waals surface area contributed by atoms with E-state index in [0.29, 0.717) is 30.8 Å². The molecule has 18 heavy (non-hydrogen) atoms. The normalized spacial score (nSPS) is 16.6. The zero-order chi connectivity index (χ0) is 13.0. The lowest BCUT2D eigenvalue weighted by molar-refractivity contribution is 0.0937. The summed E-state index contributed by atoms with van der Waals surface area (Å²) >= 11 is 0. The number of carbonyl (C=O) groups excluding carboxylic acids is 1. The fraction of sp³-hybridized carbons (Fsp3) is 0.750. The van der Waals surface area contributed by atoms with Gasteiger partial charge in [-0.15, -0.1) is 0 Å². The van der Waals surface area contributed by atoms with Crippen LogP contribution in [0.4, 0.5) is 0 Å². The lowest BCUT2D eigenvalue weighted by atomic mass is 10.0. The van der Waals surface area contributed by atoms with Gasteiger partial charge in [-0.05, 0) is 38.1 Å². The molecule has 1 aromatic heterocycles. The van der Waals surface area contributed by atoms with Gasteiger partial charge in [0.05, 0.1) is 0 Å². The molecular formula is C12H20N4O2. The Morgan fingerprint density at radius 1 is 1.56 bits per heavy atom. The monoisotopic (exact) mass is 252 g/mol. The summed E-state index contributed by atoms with van der Waals surface area (Å²) in [6.45, 7) is 2.84. The summed E-state index contributed by atoms with van der Waals surface area (Å²) in [6, 6.07) is 0.309. The zero-order valence-electron chi connectivity index (χ0n) is 10.7. The number of aromatic nitrogens is 2. The van der Waals surface area contributed by atoms with Crippen molar-refractivity contribution in [2.75, 3.05) is 6.54 Å². The topological polar surface area (TPSA) is 94.0 Å². The Morgan fingerprint density at radius 3 is 3.00 bits per heavy atom. The summed E-state index contributed by atoms with van der Waals surface area (Å²) in [5.41, 5.74) is 5.49. The number of amides is 1. The zero-order valence-corrected chi connectivity index (χ0v) is 10.7. The van der Waals surface area contributed by atoms with Gasteiger partial charge < -0.3 is 15.6 Å². The van der Waals surface area contributed by atoms with Crippen LogP contribution < -0.4 is 11.1 Å². The van der Waals surface area contributed by atoms with Gasteiger partial charge in [-0.25, -0.2) is 0 Å². The second-order valence-electron chi connectivity index (χ2n) is 4.98. The van der Waals surface area contributed by atoms with E-state index < -0.39 is 0 Å². The van der Waals surface area contributed by atoms with Gasteiger partial charge in [0, 0.05) is 12.5 Å². The average Bonchev–Trinajstić information content (AvgIpc) is 3.02. The van der Waals surface area contributed by atoms with Crippen LogP contribution in [0.5, 0.6) is 0 Å². The molecule has 1 fully saturated rings. The third-order valence-electron chi connectivity index (χ3n) is 3.09. The largest absolute Gasteiger partial charge is 0.346 e. The van der Waals surface area contributed by atoms with E-state index in [2.05, 4.69) is 22.4 Å². The Bertz CT molecular complexity index is 401. The van der Waals surface area contributed by atoms with Gasteiger partial charge in [-0.1, -0.05) is 12.1 Å². The first-order valence-electron chi connectivity index (χ1n) is 6.52. The van der Waals surface area contributed by atoms with Crippen molar-refractivity contribution in [3.8, 4) is 0 Å². The molecule has 1 aliphatic rings. The van der Waals surface area contributed by atoms with E-state index in [1.165, 1.54) is 0 Å². The molecule has 1 aliphatic carbocycles. The Morgan fingerprint density at radius 2 is 2.33 bits per heavy atom. The standard InChI is InChI=1S/C12H20N4O2/c1-8(6-7-13)2-5-10-15-11(16-18-10)12(17)14-9-3-4-9/h8-9H,2-7,13H2,1H3,(H,14,17). The van der Waals surface area contributed by atoms with Crippen molar-refractivity contribution in [1.29, 1.82) is 0 Å². The highest BCUT2D eigenvalue weighted by atomic mass is 16.5. The molecule has 1 heterocycles. The number of nitrogens with one attached hydrogen (secondary N) is 1. The molecule has 2 rings (SSSR count). The minimum atomic E-state index is -0.234. The number of rotatable bonds is 7. The predicted molar refractivity (Wildman–Crippen MR) is 65.9 cm³/mol. The van der Waals surface area contributed by atoms with Crippen LogP contribution >= 0.6 is 0 Å². The first-order chi connectivity index (χ1) is 8.69. The van der Waals surface area contributed by atoms with E-state index >= 15 is 0 Å². The van der Waals surface area contributed by atoms with E-state index in [1.54, 1.807) is 0 Å². The molecule has 0 radical (unpaired) electrons. The molecular weight excluding hydrogens is 232 g/mol. The summed E-state index contributed by atoms with van der Waals surface area (Å²) in [6.07, 6.45) is 4.73. The molecule has 1 amide bonds. The van der Waals surface area contributed by atoms with Gasteiger partial charge in [0.2, 0.25) is 5.89 Å². The molecule has 0 aliphatic heterocycles. The molecule has 1 unspecified atom stereocenters. The third-order valence-corrected chi connectivity index (χ3v) is 3.09. The molecule has 6 nitrogen and oxygen atoms in total. The number of carbonyl (C=O) groups is 1. The van der Waals surface area contributed by atoms with Gasteiger partial charge in [-0.2, -0.15) is 4.98 Å². The van der Waals surface area contributed by atoms with Crippen LogP contribution in [-0.4, -0.2) is 28.6 Å². The third kappa shape index (κ3) is 3.80. The molecule has 0 spiro atoms. The van der Waals surface area contributed by atoms with Crippen molar-refractivity contribution in [2.45, 2.75) is 45.1 Å². The second-order valence-corrected chi connectivity index (χ2v) is 4.98. The van der Waals surface area contributed by atoms with Crippen LogP contribution in [0, 0.1) is 5.92 Å². The van der Waals surface area contributed by atoms with Crippen molar-refractivity contribution in [3.63, 3.8) is 0 Å². The molecule has 1 aromatic rings. The van der Waals surface area contributed by atoms with Gasteiger partial charge in [0.25, 0.3) is 11.7 Å². The molecule has 0 saturated heterocycles. The Balaban J connectivity index is 1.79. The highest BCUT2D eigenvalue weighted by Gasteiger charge is 2.26. The van der Waals surface area contributed by atoms with E-state index in [4.69, 9.17) is 10.3 Å². The SMILES string of the molecule is CC(CCN)CCc1nc(C(=O)NC2CC2)no1. The summed E-state index contributed by atoms with van der Waals surface area (Å²) in [5, 5.41) is 6.53. The maximum atomic E-state index is 11.6. The van der Waals surface area contributed by atoms with Crippen LogP contribution in [0.2, 0.25) is 0 Å². The molecule has 0 bridgehead atoms. The van der Waals surface area contributed by atoms with Crippen LogP contribution in [0.25, 0.3) is 0 Å². The van der Waals surface area contributed by atoms with Crippen molar-refractivity contribution >= 4 is 5.91 Å². The van der Waals surface area contributed by atoms with Crippen molar-refractivity contribution in [1.82, 2.24) is 15.5 Å². The number of aryl methyl sites for hydroxylation is 1. The maximum Gasteiger partial charge on any atom is 0.292 e. The molecule has 1 atom stereocenters. The number of hydrogen-bond acceptors (Lipinski definition) is 5. The van der Waals surface area contributed by atoms with Gasteiger partial charge in [-0.3, -0.25) is 4.79 Å². The predicted octanol–water partition coefficient (Wildman–Crippen LogP) is 0.879. The Labute approximate surface area is 106 Å². The fourth-order valence-electron chi connectivity index (χ4n) is 1.72. The van der Waals surface area contributed by atoms with E-state index in [9.17, 15) is 4.79 Å². The van der Waals surface area contributed by atoms with E-state index in [1.807, 2.05) is 0 Å². The van der Waals surface area contributed by atoms with Crippen LogP contribution in [0.15, 0.2) is 4.52 Å². The van der Waals surface area contributed by atoms with Crippen LogP contribution in [0.3, 0.4) is 0 Å². The van der Waals surface area contributed by atoms with Gasteiger partial charge in [0.15, 0.2) is 0 Å².